The number of nitrogens with one attached hydrogen (secondary N) is 1. The minimum atomic E-state index is -0.523. The van der Waals surface area contributed by atoms with Crippen LogP contribution in [0.1, 0.15) is 45.4 Å². The summed E-state index contributed by atoms with van der Waals surface area (Å²) in [6.07, 6.45) is 8.04. The third kappa shape index (κ3) is 5.22. The number of benzene rings is 1. The molecule has 27 heavy (non-hydrogen) atoms. The molecular formula is C21H28N2O3S. The van der Waals surface area contributed by atoms with Gasteiger partial charge in [-0.1, -0.05) is 39.0 Å². The highest BCUT2D eigenvalue weighted by molar-refractivity contribution is 7.13. The van der Waals surface area contributed by atoms with Crippen LogP contribution in [0.4, 0.5) is 5.13 Å². The van der Waals surface area contributed by atoms with Gasteiger partial charge in [0.2, 0.25) is 0 Å². The summed E-state index contributed by atoms with van der Waals surface area (Å²) in [6, 6.07) is 7.44. The van der Waals surface area contributed by atoms with E-state index in [1.54, 1.807) is 13.3 Å². The third-order valence-electron chi connectivity index (χ3n) is 5.26. The largest absolute Gasteiger partial charge is 0.497 e. The molecule has 2 atom stereocenters. The second-order valence-electron chi connectivity index (χ2n) is 7.04. The molecule has 0 spiro atoms. The monoisotopic (exact) mass is 388 g/mol. The quantitative estimate of drug-likeness (QED) is 0.646. The second-order valence-corrected chi connectivity index (χ2v) is 7.93. The molecule has 1 fully saturated rings. The van der Waals surface area contributed by atoms with E-state index < -0.39 is 6.10 Å². The van der Waals surface area contributed by atoms with Crippen LogP contribution in [0.5, 0.6) is 11.5 Å². The van der Waals surface area contributed by atoms with E-state index >= 15 is 0 Å². The molecule has 1 aliphatic carbocycles. The lowest BCUT2D eigenvalue weighted by atomic mass is 9.82. The molecule has 1 aliphatic rings. The van der Waals surface area contributed by atoms with Crippen LogP contribution in [0.25, 0.3) is 0 Å². The lowest BCUT2D eigenvalue weighted by molar-refractivity contribution is -0.126. The van der Waals surface area contributed by atoms with Gasteiger partial charge < -0.3 is 9.47 Å². The van der Waals surface area contributed by atoms with Gasteiger partial charge in [0, 0.05) is 17.5 Å². The zero-order valence-corrected chi connectivity index (χ0v) is 16.8. The van der Waals surface area contributed by atoms with Gasteiger partial charge >= 0.3 is 0 Å². The Kier molecular flexibility index (Phi) is 7.10. The van der Waals surface area contributed by atoms with Crippen LogP contribution < -0.4 is 14.8 Å². The molecule has 5 nitrogen and oxygen atoms in total. The topological polar surface area (TPSA) is 60.5 Å². The number of anilines is 1. The van der Waals surface area contributed by atoms with E-state index in [-0.39, 0.29) is 11.8 Å². The predicted octanol–water partition coefficient (Wildman–Crippen LogP) is 5.14. The average Bonchev–Trinajstić information content (AvgIpc) is 3.39. The van der Waals surface area contributed by atoms with Crippen molar-refractivity contribution in [3.05, 3.63) is 35.8 Å². The Labute approximate surface area is 165 Å². The number of methoxy groups -OCH3 is 1. The van der Waals surface area contributed by atoms with Crippen molar-refractivity contribution in [2.24, 2.45) is 11.8 Å². The number of rotatable bonds is 9. The molecule has 2 unspecified atom stereocenters. The maximum atomic E-state index is 13.1. The molecule has 1 heterocycles. The highest BCUT2D eigenvalue weighted by atomic mass is 32.1. The first-order chi connectivity index (χ1) is 13.2. The SMILES string of the molecule is CCCC(C1CCCC1)C(Oc1ccc(OC)cc1)C(=O)Nc1nccs1. The first-order valence-corrected chi connectivity index (χ1v) is 10.6. The van der Waals surface area contributed by atoms with E-state index in [0.717, 1.165) is 18.6 Å². The molecule has 0 radical (unpaired) electrons. The molecule has 6 heteroatoms. The minimum absolute atomic E-state index is 0.105. The summed E-state index contributed by atoms with van der Waals surface area (Å²) in [5, 5.41) is 5.42. The minimum Gasteiger partial charge on any atom is -0.497 e. The molecule has 1 amide bonds. The fraction of sp³-hybridized carbons (Fsp3) is 0.524. The summed E-state index contributed by atoms with van der Waals surface area (Å²) in [4.78, 5) is 17.3. The zero-order chi connectivity index (χ0) is 19.1. The van der Waals surface area contributed by atoms with Crippen LogP contribution in [0.2, 0.25) is 0 Å². The number of amides is 1. The summed E-state index contributed by atoms with van der Waals surface area (Å²) < 4.78 is 11.5. The van der Waals surface area contributed by atoms with E-state index in [2.05, 4.69) is 17.2 Å². The summed E-state index contributed by atoms with van der Waals surface area (Å²) >= 11 is 1.42. The molecule has 0 saturated heterocycles. The number of carbonyl (C=O) groups excluding carboxylic acids is 1. The molecule has 1 aromatic heterocycles. The fourth-order valence-corrected chi connectivity index (χ4v) is 4.48. The van der Waals surface area contributed by atoms with Gasteiger partial charge in [0.1, 0.15) is 11.5 Å². The summed E-state index contributed by atoms with van der Waals surface area (Å²) in [6.45, 7) is 2.17. The number of carbonyl (C=O) groups is 1. The van der Waals surface area contributed by atoms with Crippen LogP contribution in [0.15, 0.2) is 35.8 Å². The standard InChI is InChI=1S/C21H28N2O3S/c1-3-6-18(15-7-4-5-8-15)19(20(24)23-21-22-13-14-27-21)26-17-11-9-16(25-2)10-12-17/h9-15,18-19H,3-8H2,1-2H3,(H,22,23,24). The van der Waals surface area contributed by atoms with Gasteiger partial charge in [-0.3, -0.25) is 10.1 Å². The summed E-state index contributed by atoms with van der Waals surface area (Å²) in [7, 11) is 1.64. The molecule has 3 rings (SSSR count). The first-order valence-electron chi connectivity index (χ1n) is 9.72. The van der Waals surface area contributed by atoms with Crippen molar-refractivity contribution >= 4 is 22.4 Å². The van der Waals surface area contributed by atoms with Gasteiger partial charge in [-0.05, 0) is 36.6 Å². The Hall–Kier alpha value is -2.08. The van der Waals surface area contributed by atoms with Crippen LogP contribution in [0, 0.1) is 11.8 Å². The van der Waals surface area contributed by atoms with Crippen molar-refractivity contribution in [3.63, 3.8) is 0 Å². The van der Waals surface area contributed by atoms with E-state index in [1.165, 1.54) is 37.0 Å². The van der Waals surface area contributed by atoms with Crippen LogP contribution in [-0.2, 0) is 4.79 Å². The highest BCUT2D eigenvalue weighted by Gasteiger charge is 2.37. The van der Waals surface area contributed by atoms with Crippen LogP contribution in [0.3, 0.4) is 0 Å². The van der Waals surface area contributed by atoms with Crippen molar-refractivity contribution in [1.82, 2.24) is 4.98 Å². The number of aromatic nitrogens is 1. The Morgan fingerprint density at radius 3 is 2.56 bits per heavy atom. The summed E-state index contributed by atoms with van der Waals surface area (Å²) in [5.74, 6) is 2.10. The highest BCUT2D eigenvalue weighted by Crippen LogP contribution is 2.37. The first kappa shape index (κ1) is 19.7. The van der Waals surface area contributed by atoms with Crippen molar-refractivity contribution in [1.29, 1.82) is 0 Å². The lowest BCUT2D eigenvalue weighted by Gasteiger charge is -2.31. The molecule has 1 saturated carbocycles. The average molecular weight is 389 g/mol. The smallest absolute Gasteiger partial charge is 0.267 e. The van der Waals surface area contributed by atoms with Crippen molar-refractivity contribution in [2.45, 2.75) is 51.6 Å². The normalized spacial score (nSPS) is 16.7. The number of thiazole rings is 1. The molecule has 0 aliphatic heterocycles. The lowest BCUT2D eigenvalue weighted by Crippen LogP contribution is -2.42. The number of nitrogens with zero attached hydrogens (tertiary/aromatic N) is 1. The molecule has 146 valence electrons. The molecule has 1 N–H and O–H groups in total. The Balaban J connectivity index is 1.82. The van der Waals surface area contributed by atoms with Crippen molar-refractivity contribution in [2.75, 3.05) is 12.4 Å². The molecular weight excluding hydrogens is 360 g/mol. The van der Waals surface area contributed by atoms with Gasteiger partial charge in [-0.25, -0.2) is 4.98 Å². The maximum absolute atomic E-state index is 13.1. The molecule has 1 aromatic carbocycles. The summed E-state index contributed by atoms with van der Waals surface area (Å²) in [5.41, 5.74) is 0. The predicted molar refractivity (Wildman–Crippen MR) is 109 cm³/mol. The number of hydrogen-bond donors (Lipinski definition) is 1. The van der Waals surface area contributed by atoms with E-state index in [0.29, 0.717) is 16.8 Å². The van der Waals surface area contributed by atoms with Crippen LogP contribution >= 0.6 is 11.3 Å². The Morgan fingerprint density at radius 2 is 1.96 bits per heavy atom. The van der Waals surface area contributed by atoms with E-state index in [9.17, 15) is 4.79 Å². The maximum Gasteiger partial charge on any atom is 0.267 e. The van der Waals surface area contributed by atoms with E-state index in [4.69, 9.17) is 9.47 Å². The van der Waals surface area contributed by atoms with Gasteiger partial charge in [-0.2, -0.15) is 0 Å². The van der Waals surface area contributed by atoms with Gasteiger partial charge in [0.15, 0.2) is 11.2 Å². The third-order valence-corrected chi connectivity index (χ3v) is 5.95. The Morgan fingerprint density at radius 1 is 1.26 bits per heavy atom. The van der Waals surface area contributed by atoms with E-state index in [1.807, 2.05) is 29.6 Å². The molecule has 0 bridgehead atoms. The van der Waals surface area contributed by atoms with Gasteiger partial charge in [-0.15, -0.1) is 11.3 Å². The Bertz CT molecular complexity index is 697. The molecule has 2 aromatic rings. The second kappa shape index (κ2) is 9.74. The number of hydrogen-bond acceptors (Lipinski definition) is 5. The van der Waals surface area contributed by atoms with Crippen molar-refractivity contribution < 1.29 is 14.3 Å². The van der Waals surface area contributed by atoms with Gasteiger partial charge in [0.25, 0.3) is 5.91 Å². The fourth-order valence-electron chi connectivity index (χ4n) is 3.95. The number of ether oxygens (including phenoxy) is 2. The van der Waals surface area contributed by atoms with Crippen LogP contribution in [-0.4, -0.2) is 24.1 Å². The van der Waals surface area contributed by atoms with Gasteiger partial charge in [0.05, 0.1) is 7.11 Å². The van der Waals surface area contributed by atoms with Crippen molar-refractivity contribution in [3.8, 4) is 11.5 Å². The zero-order valence-electron chi connectivity index (χ0n) is 16.0.